The zero-order chi connectivity index (χ0) is 12.5. The van der Waals surface area contributed by atoms with Crippen LogP contribution in [0.25, 0.3) is 0 Å². The fraction of sp³-hybridized carbons (Fsp3) is 0.286. The van der Waals surface area contributed by atoms with E-state index in [-0.39, 0.29) is 0 Å². The van der Waals surface area contributed by atoms with E-state index in [9.17, 15) is 22.0 Å². The van der Waals surface area contributed by atoms with Crippen LogP contribution in [0.4, 0.5) is 8.78 Å². The number of pyridine rings is 1. The molecule has 90 valence electrons. The maximum Gasteiger partial charge on any atom is 0.290 e. The molecule has 0 aliphatic rings. The Bertz CT molecular complexity index is 554. The summed E-state index contributed by atoms with van der Waals surface area (Å²) in [7, 11) is 1.66. The second-order valence-electron chi connectivity index (χ2n) is 2.68. The second kappa shape index (κ2) is 4.38. The molecule has 0 aliphatic carbocycles. The summed E-state index contributed by atoms with van der Waals surface area (Å²) in [5.74, 6) is -0.413. The van der Waals surface area contributed by atoms with Crippen LogP contribution in [0.15, 0.2) is 15.8 Å². The highest BCUT2D eigenvalue weighted by molar-refractivity contribution is 8.13. The summed E-state index contributed by atoms with van der Waals surface area (Å²) in [6.45, 7) is 0. The van der Waals surface area contributed by atoms with Gasteiger partial charge in [-0.25, -0.2) is 17.2 Å². The van der Waals surface area contributed by atoms with E-state index in [0.29, 0.717) is 6.07 Å². The molecule has 0 atom stereocenters. The molecule has 1 aromatic heterocycles. The first-order chi connectivity index (χ1) is 7.27. The maximum absolute atomic E-state index is 12.4. The molecular weight excluding hydrogens is 268 g/mol. The first-order valence-corrected chi connectivity index (χ1v) is 6.12. The van der Waals surface area contributed by atoms with Crippen molar-refractivity contribution in [2.24, 2.45) is 0 Å². The summed E-state index contributed by atoms with van der Waals surface area (Å²) in [5, 5.41) is 0. The van der Waals surface area contributed by atoms with Crippen LogP contribution in [-0.2, 0) is 9.05 Å². The molecule has 9 heteroatoms. The third kappa shape index (κ3) is 2.50. The number of halogens is 3. The van der Waals surface area contributed by atoms with E-state index in [1.807, 2.05) is 0 Å². The van der Waals surface area contributed by atoms with Crippen molar-refractivity contribution in [1.29, 1.82) is 0 Å². The van der Waals surface area contributed by atoms with E-state index in [1.165, 1.54) is 0 Å². The van der Waals surface area contributed by atoms with Gasteiger partial charge in [0, 0.05) is 16.7 Å². The van der Waals surface area contributed by atoms with Crippen molar-refractivity contribution in [3.8, 4) is 5.75 Å². The molecule has 0 fully saturated rings. The molecule has 0 unspecified atom stereocenters. The highest BCUT2D eigenvalue weighted by Crippen LogP contribution is 2.27. The average molecular weight is 274 g/mol. The third-order valence-electron chi connectivity index (χ3n) is 1.70. The Hall–Kier alpha value is -1.15. The Kier molecular flexibility index (Phi) is 3.54. The number of alkyl halides is 2. The number of aromatic amines is 1. The summed E-state index contributed by atoms with van der Waals surface area (Å²) in [6, 6.07) is 0.655. The molecule has 0 aliphatic heterocycles. The van der Waals surface area contributed by atoms with Crippen LogP contribution >= 0.6 is 10.7 Å². The number of H-pyrrole nitrogens is 1. The smallest absolute Gasteiger partial charge is 0.290 e. The zero-order valence-electron chi connectivity index (χ0n) is 7.83. The predicted octanol–water partition coefficient (Wildman–Crippen LogP) is 1.25. The Labute approximate surface area is 93.4 Å². The van der Waals surface area contributed by atoms with Crippen LogP contribution in [-0.4, -0.2) is 20.5 Å². The first kappa shape index (κ1) is 12.9. The molecular formula is C7H6ClF2NO4S. The number of methoxy groups -OCH3 is 1. The van der Waals surface area contributed by atoms with Crippen LogP contribution in [0.3, 0.4) is 0 Å². The van der Waals surface area contributed by atoms with Gasteiger partial charge in [0.2, 0.25) is 0 Å². The quantitative estimate of drug-likeness (QED) is 0.841. The van der Waals surface area contributed by atoms with Gasteiger partial charge in [0.15, 0.2) is 5.75 Å². The molecule has 0 bridgehead atoms. The number of ether oxygens (including phenoxy) is 1. The predicted molar refractivity (Wildman–Crippen MR) is 51.6 cm³/mol. The van der Waals surface area contributed by atoms with E-state index in [4.69, 9.17) is 10.7 Å². The van der Waals surface area contributed by atoms with Crippen molar-refractivity contribution in [3.63, 3.8) is 0 Å². The minimum atomic E-state index is -4.39. The Morgan fingerprint density at radius 3 is 2.44 bits per heavy atom. The van der Waals surface area contributed by atoms with Gasteiger partial charge in [-0.3, -0.25) is 4.79 Å². The molecule has 1 aromatic rings. The lowest BCUT2D eigenvalue weighted by Gasteiger charge is -2.07. The topological polar surface area (TPSA) is 76.2 Å². The molecule has 1 rings (SSSR count). The summed E-state index contributed by atoms with van der Waals surface area (Å²) < 4.78 is 51.4. The molecule has 1 heterocycles. The number of nitrogens with one attached hydrogen (secondary N) is 1. The Balaban J connectivity index is 3.63. The first-order valence-electron chi connectivity index (χ1n) is 3.81. The van der Waals surface area contributed by atoms with Crippen molar-refractivity contribution in [2.75, 3.05) is 7.11 Å². The van der Waals surface area contributed by atoms with E-state index >= 15 is 0 Å². The molecule has 0 radical (unpaired) electrons. The molecule has 0 saturated heterocycles. The van der Waals surface area contributed by atoms with Crippen molar-refractivity contribution < 1.29 is 21.9 Å². The van der Waals surface area contributed by atoms with Crippen molar-refractivity contribution in [3.05, 3.63) is 22.1 Å². The van der Waals surface area contributed by atoms with E-state index in [2.05, 4.69) is 4.74 Å². The lowest BCUT2D eigenvalue weighted by molar-refractivity contribution is 0.141. The van der Waals surface area contributed by atoms with Crippen LogP contribution < -0.4 is 10.3 Å². The van der Waals surface area contributed by atoms with Crippen LogP contribution in [0, 0.1) is 0 Å². The van der Waals surface area contributed by atoms with E-state index in [1.54, 1.807) is 4.98 Å². The van der Waals surface area contributed by atoms with Gasteiger partial charge >= 0.3 is 0 Å². The maximum atomic E-state index is 12.4. The van der Waals surface area contributed by atoms with Crippen LogP contribution in [0.5, 0.6) is 5.75 Å². The average Bonchev–Trinajstić information content (AvgIpc) is 2.15. The Morgan fingerprint density at radius 2 is 2.06 bits per heavy atom. The van der Waals surface area contributed by atoms with Gasteiger partial charge in [-0.15, -0.1) is 0 Å². The highest BCUT2D eigenvalue weighted by atomic mass is 35.7. The zero-order valence-corrected chi connectivity index (χ0v) is 9.40. The minimum absolute atomic E-state index is 0.413. The van der Waals surface area contributed by atoms with E-state index in [0.717, 1.165) is 7.11 Å². The Morgan fingerprint density at radius 1 is 1.50 bits per heavy atom. The fourth-order valence-corrected chi connectivity index (χ4v) is 2.06. The molecule has 0 aromatic carbocycles. The van der Waals surface area contributed by atoms with Crippen LogP contribution in [0.1, 0.15) is 12.1 Å². The SMILES string of the molecule is COc1cc(S(=O)(=O)Cl)c(C(F)F)[nH]c1=O. The summed E-state index contributed by atoms with van der Waals surface area (Å²) in [4.78, 5) is 11.9. The van der Waals surface area contributed by atoms with Gasteiger partial charge < -0.3 is 9.72 Å². The number of rotatable bonds is 3. The van der Waals surface area contributed by atoms with Gasteiger partial charge in [0.1, 0.15) is 10.6 Å². The lowest BCUT2D eigenvalue weighted by Crippen LogP contribution is -2.15. The largest absolute Gasteiger partial charge is 0.491 e. The van der Waals surface area contributed by atoms with Crippen molar-refractivity contribution in [1.82, 2.24) is 4.98 Å². The van der Waals surface area contributed by atoms with Gasteiger partial charge in [0.25, 0.3) is 21.0 Å². The molecule has 0 spiro atoms. The third-order valence-corrected chi connectivity index (χ3v) is 3.06. The molecule has 16 heavy (non-hydrogen) atoms. The lowest BCUT2D eigenvalue weighted by atomic mass is 10.3. The second-order valence-corrected chi connectivity index (χ2v) is 5.22. The highest BCUT2D eigenvalue weighted by Gasteiger charge is 2.24. The molecule has 0 amide bonds. The normalized spacial score (nSPS) is 11.8. The molecule has 1 N–H and O–H groups in total. The fourth-order valence-electron chi connectivity index (χ4n) is 1.02. The summed E-state index contributed by atoms with van der Waals surface area (Å²) >= 11 is 0. The van der Waals surface area contributed by atoms with E-state index < -0.39 is 37.4 Å². The summed E-state index contributed by atoms with van der Waals surface area (Å²) in [5.41, 5.74) is -2.01. The summed E-state index contributed by atoms with van der Waals surface area (Å²) in [6.07, 6.45) is -3.16. The van der Waals surface area contributed by atoms with Crippen molar-refractivity contribution in [2.45, 2.75) is 11.3 Å². The molecule has 5 nitrogen and oxygen atoms in total. The van der Waals surface area contributed by atoms with Gasteiger partial charge in [0.05, 0.1) is 7.11 Å². The van der Waals surface area contributed by atoms with Crippen molar-refractivity contribution >= 4 is 19.7 Å². The van der Waals surface area contributed by atoms with Gasteiger partial charge in [-0.05, 0) is 0 Å². The number of aromatic nitrogens is 1. The monoisotopic (exact) mass is 273 g/mol. The van der Waals surface area contributed by atoms with Gasteiger partial charge in [-0.1, -0.05) is 0 Å². The van der Waals surface area contributed by atoms with Gasteiger partial charge in [-0.2, -0.15) is 0 Å². The molecule has 0 saturated carbocycles. The van der Waals surface area contributed by atoms with Crippen LogP contribution in [0.2, 0.25) is 0 Å². The number of hydrogen-bond donors (Lipinski definition) is 1. The standard InChI is InChI=1S/C7H6ClF2NO4S/c1-15-3-2-4(16(8,13)14)5(6(9)10)11-7(3)12/h2,6H,1H3,(H,11,12). The number of hydrogen-bond acceptors (Lipinski definition) is 4. The minimum Gasteiger partial charge on any atom is -0.491 e.